The number of carbonyl (C=O) groups is 2. The van der Waals surface area contributed by atoms with Crippen LogP contribution >= 0.6 is 0 Å². The maximum atomic E-state index is 12.2. The number of nitrogens with two attached hydrogens (primary N) is 1. The number of fused-ring (bicyclic) bond motifs is 1. The van der Waals surface area contributed by atoms with Crippen LogP contribution in [0.15, 0.2) is 48.5 Å². The van der Waals surface area contributed by atoms with E-state index in [2.05, 4.69) is 5.32 Å². The number of benzene rings is 2. The molecule has 0 saturated heterocycles. The van der Waals surface area contributed by atoms with Gasteiger partial charge in [-0.2, -0.15) is 0 Å². The molecule has 0 unspecified atom stereocenters. The van der Waals surface area contributed by atoms with Gasteiger partial charge in [0, 0.05) is 17.7 Å². The molecule has 3 N–H and O–H groups in total. The third-order valence-corrected chi connectivity index (χ3v) is 3.35. The third-order valence-electron chi connectivity index (χ3n) is 3.35. The summed E-state index contributed by atoms with van der Waals surface area (Å²) in [7, 11) is 0. The number of para-hydroxylation sites is 1. The van der Waals surface area contributed by atoms with Gasteiger partial charge in [-0.25, -0.2) is 0 Å². The van der Waals surface area contributed by atoms with Gasteiger partial charge in [0.25, 0.3) is 5.91 Å². The summed E-state index contributed by atoms with van der Waals surface area (Å²) in [5.74, 6) is -0.0352. The second kappa shape index (κ2) is 5.28. The summed E-state index contributed by atoms with van der Waals surface area (Å²) in [6.07, 6.45) is -0.0167. The van der Waals surface area contributed by atoms with Gasteiger partial charge in [0.1, 0.15) is 5.75 Å². The molecule has 0 aliphatic carbocycles. The Kier molecular flexibility index (Phi) is 3.31. The topological polar surface area (TPSA) is 81.4 Å². The van der Waals surface area contributed by atoms with Crippen LogP contribution in [0, 0.1) is 0 Å². The first-order chi connectivity index (χ1) is 10.1. The van der Waals surface area contributed by atoms with Gasteiger partial charge in [-0.3, -0.25) is 9.59 Å². The highest BCUT2D eigenvalue weighted by molar-refractivity contribution is 5.98. The van der Waals surface area contributed by atoms with Crippen LogP contribution in [-0.4, -0.2) is 17.9 Å². The van der Waals surface area contributed by atoms with Crippen molar-refractivity contribution in [3.63, 3.8) is 0 Å². The minimum absolute atomic E-state index is 0.243. The molecule has 0 spiro atoms. The summed E-state index contributed by atoms with van der Waals surface area (Å²) in [4.78, 5) is 23.3. The van der Waals surface area contributed by atoms with Crippen molar-refractivity contribution in [2.24, 2.45) is 5.73 Å². The van der Waals surface area contributed by atoms with Crippen LogP contribution in [0.3, 0.4) is 0 Å². The zero-order valence-electron chi connectivity index (χ0n) is 11.2. The lowest BCUT2D eigenvalue weighted by Gasteiger charge is -2.11. The minimum Gasteiger partial charge on any atom is -0.480 e. The second-order valence-corrected chi connectivity index (χ2v) is 4.85. The predicted molar refractivity (Wildman–Crippen MR) is 78.2 cm³/mol. The van der Waals surface area contributed by atoms with Gasteiger partial charge in [-0.15, -0.1) is 0 Å². The first-order valence-electron chi connectivity index (χ1n) is 6.59. The quantitative estimate of drug-likeness (QED) is 0.899. The lowest BCUT2D eigenvalue weighted by atomic mass is 10.1. The van der Waals surface area contributed by atoms with E-state index < -0.39 is 12.0 Å². The molecule has 0 aromatic heterocycles. The number of primary amides is 1. The van der Waals surface area contributed by atoms with E-state index in [-0.39, 0.29) is 5.91 Å². The lowest BCUT2D eigenvalue weighted by Crippen LogP contribution is -2.31. The number of carbonyl (C=O) groups excluding carboxylic acids is 2. The van der Waals surface area contributed by atoms with Gasteiger partial charge in [-0.1, -0.05) is 24.3 Å². The van der Waals surface area contributed by atoms with Gasteiger partial charge in [0.2, 0.25) is 5.91 Å². The molecule has 2 aromatic carbocycles. The van der Waals surface area contributed by atoms with Crippen molar-refractivity contribution in [2.45, 2.75) is 12.5 Å². The molecular weight excluding hydrogens is 268 g/mol. The summed E-state index contributed by atoms with van der Waals surface area (Å²) >= 11 is 0. The fourth-order valence-electron chi connectivity index (χ4n) is 2.30. The number of rotatable bonds is 3. The Hall–Kier alpha value is -2.82. The summed E-state index contributed by atoms with van der Waals surface area (Å²) in [5.41, 5.74) is 7.11. The Bertz CT molecular complexity index is 687. The Labute approximate surface area is 121 Å². The van der Waals surface area contributed by atoms with Crippen molar-refractivity contribution < 1.29 is 14.3 Å². The molecule has 1 aliphatic rings. The summed E-state index contributed by atoms with van der Waals surface area (Å²) in [6.45, 7) is 0. The van der Waals surface area contributed by atoms with Crippen LogP contribution in [0.2, 0.25) is 0 Å². The van der Waals surface area contributed by atoms with E-state index in [0.717, 1.165) is 11.3 Å². The van der Waals surface area contributed by atoms with E-state index in [9.17, 15) is 9.59 Å². The summed E-state index contributed by atoms with van der Waals surface area (Å²) in [5, 5.41) is 2.74. The highest BCUT2D eigenvalue weighted by Gasteiger charge is 2.28. The van der Waals surface area contributed by atoms with Crippen molar-refractivity contribution in [1.29, 1.82) is 0 Å². The van der Waals surface area contributed by atoms with Crippen molar-refractivity contribution in [2.75, 3.05) is 5.32 Å². The Morgan fingerprint density at radius 3 is 2.71 bits per heavy atom. The first kappa shape index (κ1) is 13.2. The molecule has 21 heavy (non-hydrogen) atoms. The standard InChI is InChI=1S/C16H14N2O3/c17-15(19)11-5-3-6-12(8-11)18-16(20)14-9-10-4-1-2-7-13(10)21-14/h1-8,14H,9H2,(H2,17,19)(H,18,20)/t14-/m1/s1. The maximum Gasteiger partial charge on any atom is 0.265 e. The largest absolute Gasteiger partial charge is 0.480 e. The van der Waals surface area contributed by atoms with E-state index in [4.69, 9.17) is 10.5 Å². The van der Waals surface area contributed by atoms with E-state index in [0.29, 0.717) is 17.7 Å². The SMILES string of the molecule is NC(=O)c1cccc(NC(=O)[C@H]2Cc3ccccc3O2)c1. The molecule has 5 nitrogen and oxygen atoms in total. The lowest BCUT2D eigenvalue weighted by molar-refractivity contribution is -0.122. The Balaban J connectivity index is 1.71. The van der Waals surface area contributed by atoms with Crippen LogP contribution < -0.4 is 15.8 Å². The minimum atomic E-state index is -0.556. The average molecular weight is 282 g/mol. The van der Waals surface area contributed by atoms with E-state index in [1.807, 2.05) is 24.3 Å². The molecule has 106 valence electrons. The normalized spacial score (nSPS) is 15.9. The molecule has 0 radical (unpaired) electrons. The zero-order chi connectivity index (χ0) is 14.8. The van der Waals surface area contributed by atoms with Crippen LogP contribution in [-0.2, 0) is 11.2 Å². The highest BCUT2D eigenvalue weighted by Crippen LogP contribution is 2.28. The van der Waals surface area contributed by atoms with Crippen LogP contribution in [0.5, 0.6) is 5.75 Å². The van der Waals surface area contributed by atoms with E-state index in [1.54, 1.807) is 24.3 Å². The highest BCUT2D eigenvalue weighted by atomic mass is 16.5. The van der Waals surface area contributed by atoms with Crippen molar-refractivity contribution in [3.8, 4) is 5.75 Å². The smallest absolute Gasteiger partial charge is 0.265 e. The zero-order valence-corrected chi connectivity index (χ0v) is 11.2. The molecule has 2 amide bonds. The van der Waals surface area contributed by atoms with Crippen LogP contribution in [0.1, 0.15) is 15.9 Å². The van der Waals surface area contributed by atoms with E-state index in [1.165, 1.54) is 0 Å². The van der Waals surface area contributed by atoms with Crippen LogP contribution in [0.4, 0.5) is 5.69 Å². The van der Waals surface area contributed by atoms with Crippen molar-refractivity contribution in [1.82, 2.24) is 0 Å². The van der Waals surface area contributed by atoms with Crippen LogP contribution in [0.25, 0.3) is 0 Å². The number of nitrogens with one attached hydrogen (secondary N) is 1. The summed E-state index contributed by atoms with van der Waals surface area (Å²) in [6, 6.07) is 14.1. The Morgan fingerprint density at radius 1 is 1.14 bits per heavy atom. The van der Waals surface area contributed by atoms with Gasteiger partial charge in [0.15, 0.2) is 6.10 Å². The van der Waals surface area contributed by atoms with Crippen molar-refractivity contribution in [3.05, 3.63) is 59.7 Å². The number of amides is 2. The fourth-order valence-corrected chi connectivity index (χ4v) is 2.30. The molecule has 0 saturated carbocycles. The number of ether oxygens (including phenoxy) is 1. The molecule has 0 fully saturated rings. The molecule has 0 bridgehead atoms. The molecule has 1 atom stereocenters. The first-order valence-corrected chi connectivity index (χ1v) is 6.59. The molecule has 1 heterocycles. The van der Waals surface area contributed by atoms with Gasteiger partial charge >= 0.3 is 0 Å². The molecule has 2 aromatic rings. The van der Waals surface area contributed by atoms with Gasteiger partial charge < -0.3 is 15.8 Å². The van der Waals surface area contributed by atoms with Gasteiger partial charge in [-0.05, 0) is 29.8 Å². The van der Waals surface area contributed by atoms with E-state index >= 15 is 0 Å². The molecular formula is C16H14N2O3. The molecule has 1 aliphatic heterocycles. The fraction of sp³-hybridized carbons (Fsp3) is 0.125. The second-order valence-electron chi connectivity index (χ2n) is 4.85. The van der Waals surface area contributed by atoms with Crippen molar-refractivity contribution >= 4 is 17.5 Å². The monoisotopic (exact) mass is 282 g/mol. The average Bonchev–Trinajstić information content (AvgIpc) is 2.91. The van der Waals surface area contributed by atoms with Gasteiger partial charge in [0.05, 0.1) is 0 Å². The predicted octanol–water partition coefficient (Wildman–Crippen LogP) is 1.73. The maximum absolute atomic E-state index is 12.2. The number of hydrogen-bond donors (Lipinski definition) is 2. The Morgan fingerprint density at radius 2 is 1.95 bits per heavy atom. The molecule has 5 heteroatoms. The third kappa shape index (κ3) is 2.72. The summed E-state index contributed by atoms with van der Waals surface area (Å²) < 4.78 is 5.61. The molecule has 3 rings (SSSR count). The number of hydrogen-bond acceptors (Lipinski definition) is 3. The number of anilines is 1.